The summed E-state index contributed by atoms with van der Waals surface area (Å²) in [6.07, 6.45) is 3.95. The summed E-state index contributed by atoms with van der Waals surface area (Å²) >= 11 is 0. The molecule has 1 aliphatic heterocycles. The van der Waals surface area contributed by atoms with Gasteiger partial charge in [-0.2, -0.15) is 5.10 Å². The van der Waals surface area contributed by atoms with E-state index in [0.29, 0.717) is 5.56 Å². The standard InChI is InChI=1S/C21H23N3O/c1-15-13-21(2,3)24(4)19-11-10-16(12-18(15)19)14-22-23-20(25)17-8-6-5-7-9-17/h5-14H,1-4H3,(H,23,25)/b22-14+. The highest BCUT2D eigenvalue weighted by molar-refractivity contribution is 5.95. The summed E-state index contributed by atoms with van der Waals surface area (Å²) in [5, 5.41) is 4.08. The number of hydrogen-bond donors (Lipinski definition) is 1. The second-order valence-corrected chi connectivity index (χ2v) is 6.88. The van der Waals surface area contributed by atoms with Crippen molar-refractivity contribution in [2.45, 2.75) is 26.3 Å². The predicted octanol–water partition coefficient (Wildman–Crippen LogP) is 4.08. The Bertz CT molecular complexity index is 851. The zero-order chi connectivity index (χ0) is 18.0. The number of nitrogens with one attached hydrogen (secondary N) is 1. The molecule has 0 atom stereocenters. The van der Waals surface area contributed by atoms with Gasteiger partial charge in [-0.1, -0.05) is 30.3 Å². The number of anilines is 1. The van der Waals surface area contributed by atoms with Crippen LogP contribution in [0.15, 0.2) is 59.7 Å². The highest BCUT2D eigenvalue weighted by atomic mass is 16.2. The van der Waals surface area contributed by atoms with Gasteiger partial charge >= 0.3 is 0 Å². The molecule has 3 rings (SSSR count). The van der Waals surface area contributed by atoms with Crippen molar-refractivity contribution < 1.29 is 4.79 Å². The zero-order valence-electron chi connectivity index (χ0n) is 15.1. The minimum absolute atomic E-state index is 0.00362. The van der Waals surface area contributed by atoms with Crippen molar-refractivity contribution in [3.63, 3.8) is 0 Å². The number of hydrogen-bond acceptors (Lipinski definition) is 3. The molecule has 0 saturated carbocycles. The lowest BCUT2D eigenvalue weighted by Crippen LogP contribution is -2.42. The summed E-state index contributed by atoms with van der Waals surface area (Å²) < 4.78 is 0. The van der Waals surface area contributed by atoms with Crippen molar-refractivity contribution in [3.8, 4) is 0 Å². The maximum atomic E-state index is 12.0. The highest BCUT2D eigenvalue weighted by Gasteiger charge is 2.28. The van der Waals surface area contributed by atoms with Gasteiger partial charge in [0.15, 0.2) is 0 Å². The van der Waals surface area contributed by atoms with Gasteiger partial charge in [0.2, 0.25) is 0 Å². The van der Waals surface area contributed by atoms with Gasteiger partial charge in [-0.05, 0) is 56.2 Å². The van der Waals surface area contributed by atoms with Crippen molar-refractivity contribution in [1.82, 2.24) is 5.43 Å². The van der Waals surface area contributed by atoms with E-state index in [1.54, 1.807) is 18.3 Å². The van der Waals surface area contributed by atoms with Crippen LogP contribution in [0.5, 0.6) is 0 Å². The SMILES string of the molecule is CC1=CC(C)(C)N(C)c2ccc(/C=N/NC(=O)c3ccccc3)cc21. The number of likely N-dealkylation sites (N-methyl/N-ethyl adjacent to an activating group) is 1. The normalized spacial score (nSPS) is 15.7. The fourth-order valence-electron chi connectivity index (χ4n) is 3.08. The van der Waals surface area contributed by atoms with Crippen LogP contribution in [0, 0.1) is 0 Å². The van der Waals surface area contributed by atoms with Crippen LogP contribution in [0.25, 0.3) is 5.57 Å². The number of nitrogens with zero attached hydrogens (tertiary/aromatic N) is 2. The monoisotopic (exact) mass is 333 g/mol. The molecule has 1 heterocycles. The zero-order valence-corrected chi connectivity index (χ0v) is 15.1. The Morgan fingerprint density at radius 3 is 2.60 bits per heavy atom. The van der Waals surface area contributed by atoms with Gasteiger partial charge in [0.25, 0.3) is 5.91 Å². The van der Waals surface area contributed by atoms with Gasteiger partial charge in [-0.25, -0.2) is 5.43 Å². The van der Waals surface area contributed by atoms with Crippen molar-refractivity contribution in [1.29, 1.82) is 0 Å². The highest BCUT2D eigenvalue weighted by Crippen LogP contribution is 2.37. The van der Waals surface area contributed by atoms with Gasteiger partial charge in [0.1, 0.15) is 0 Å². The average Bonchev–Trinajstić information content (AvgIpc) is 2.60. The van der Waals surface area contributed by atoms with E-state index >= 15 is 0 Å². The van der Waals surface area contributed by atoms with Crippen LogP contribution < -0.4 is 10.3 Å². The molecule has 4 heteroatoms. The third kappa shape index (κ3) is 3.48. The summed E-state index contributed by atoms with van der Waals surface area (Å²) in [7, 11) is 2.11. The molecule has 4 nitrogen and oxygen atoms in total. The molecule has 1 aliphatic rings. The molecule has 2 aromatic carbocycles. The molecule has 0 bridgehead atoms. The van der Waals surface area contributed by atoms with E-state index in [1.807, 2.05) is 24.3 Å². The van der Waals surface area contributed by atoms with Crippen molar-refractivity contribution in [3.05, 3.63) is 71.3 Å². The van der Waals surface area contributed by atoms with E-state index in [0.717, 1.165) is 5.56 Å². The van der Waals surface area contributed by atoms with E-state index in [2.05, 4.69) is 61.5 Å². The molecular formula is C21H23N3O. The fraction of sp³-hybridized carbons (Fsp3) is 0.238. The Morgan fingerprint density at radius 2 is 1.88 bits per heavy atom. The van der Waals surface area contributed by atoms with E-state index < -0.39 is 0 Å². The Morgan fingerprint density at radius 1 is 1.16 bits per heavy atom. The van der Waals surface area contributed by atoms with Gasteiger partial charge in [-0.15, -0.1) is 0 Å². The molecule has 0 unspecified atom stereocenters. The topological polar surface area (TPSA) is 44.7 Å². The second kappa shape index (κ2) is 6.55. The Labute approximate surface area is 148 Å². The molecule has 25 heavy (non-hydrogen) atoms. The minimum Gasteiger partial charge on any atom is -0.366 e. The maximum absolute atomic E-state index is 12.0. The number of benzene rings is 2. The first kappa shape index (κ1) is 17.0. The molecular weight excluding hydrogens is 310 g/mol. The van der Waals surface area contributed by atoms with Gasteiger partial charge in [0, 0.05) is 23.9 Å². The van der Waals surface area contributed by atoms with Crippen LogP contribution in [0.1, 0.15) is 42.3 Å². The van der Waals surface area contributed by atoms with Gasteiger partial charge in [0.05, 0.1) is 11.8 Å². The number of rotatable bonds is 3. The quantitative estimate of drug-likeness (QED) is 0.679. The average molecular weight is 333 g/mol. The lowest BCUT2D eigenvalue weighted by atomic mass is 9.89. The third-order valence-corrected chi connectivity index (χ3v) is 4.66. The molecule has 0 aliphatic carbocycles. The van der Waals surface area contributed by atoms with Crippen molar-refractivity contribution >= 4 is 23.4 Å². The van der Waals surface area contributed by atoms with Crippen molar-refractivity contribution in [2.75, 3.05) is 11.9 Å². The van der Waals surface area contributed by atoms with Crippen molar-refractivity contribution in [2.24, 2.45) is 5.10 Å². The molecule has 2 aromatic rings. The summed E-state index contributed by atoms with van der Waals surface area (Å²) in [6, 6.07) is 15.3. The van der Waals surface area contributed by atoms with E-state index in [4.69, 9.17) is 0 Å². The predicted molar refractivity (Wildman–Crippen MR) is 104 cm³/mol. The molecule has 1 amide bonds. The first-order valence-electron chi connectivity index (χ1n) is 8.35. The lowest BCUT2D eigenvalue weighted by molar-refractivity contribution is 0.0955. The number of hydrazone groups is 1. The molecule has 1 N–H and O–H groups in total. The first-order chi connectivity index (χ1) is 11.9. The Kier molecular flexibility index (Phi) is 4.45. The van der Waals surface area contributed by atoms with E-state index in [1.165, 1.54) is 16.8 Å². The maximum Gasteiger partial charge on any atom is 0.271 e. The lowest BCUT2D eigenvalue weighted by Gasteiger charge is -2.40. The molecule has 128 valence electrons. The summed E-state index contributed by atoms with van der Waals surface area (Å²) in [6.45, 7) is 6.54. The van der Waals surface area contributed by atoms with Crippen LogP contribution in [-0.2, 0) is 0 Å². The molecule has 0 spiro atoms. The van der Waals surface area contributed by atoms with Crippen LogP contribution in [0.4, 0.5) is 5.69 Å². The third-order valence-electron chi connectivity index (χ3n) is 4.66. The van der Waals surface area contributed by atoms with E-state index in [-0.39, 0.29) is 11.4 Å². The first-order valence-corrected chi connectivity index (χ1v) is 8.35. The molecule has 0 saturated heterocycles. The number of fused-ring (bicyclic) bond motifs is 1. The van der Waals surface area contributed by atoms with Crippen LogP contribution in [-0.4, -0.2) is 24.7 Å². The van der Waals surface area contributed by atoms with Crippen LogP contribution in [0.3, 0.4) is 0 Å². The molecule has 0 radical (unpaired) electrons. The fourth-order valence-corrected chi connectivity index (χ4v) is 3.08. The Balaban J connectivity index is 1.77. The number of amides is 1. The minimum atomic E-state index is -0.215. The summed E-state index contributed by atoms with van der Waals surface area (Å²) in [4.78, 5) is 14.3. The second-order valence-electron chi connectivity index (χ2n) is 6.88. The van der Waals surface area contributed by atoms with Gasteiger partial charge in [-0.3, -0.25) is 4.79 Å². The van der Waals surface area contributed by atoms with Crippen LogP contribution in [0.2, 0.25) is 0 Å². The summed E-state index contributed by atoms with van der Waals surface area (Å²) in [5.74, 6) is -0.215. The summed E-state index contributed by atoms with van der Waals surface area (Å²) in [5.41, 5.74) is 7.76. The van der Waals surface area contributed by atoms with Gasteiger partial charge < -0.3 is 4.90 Å². The smallest absolute Gasteiger partial charge is 0.271 e. The molecule has 0 aromatic heterocycles. The van der Waals surface area contributed by atoms with E-state index in [9.17, 15) is 4.79 Å². The molecule has 0 fully saturated rings. The number of allylic oxidation sites excluding steroid dienone is 1. The largest absolute Gasteiger partial charge is 0.366 e. The van der Waals surface area contributed by atoms with Crippen LogP contribution >= 0.6 is 0 Å². The number of carbonyl (C=O) groups is 1. The Hall–Kier alpha value is -2.88. The number of carbonyl (C=O) groups excluding carboxylic acids is 1.